The van der Waals surface area contributed by atoms with E-state index in [0.29, 0.717) is 12.2 Å². The van der Waals surface area contributed by atoms with E-state index in [1.807, 2.05) is 0 Å². The Morgan fingerprint density at radius 1 is 1.36 bits per heavy atom. The van der Waals surface area contributed by atoms with Crippen molar-refractivity contribution < 1.29 is 24.2 Å². The summed E-state index contributed by atoms with van der Waals surface area (Å²) in [6.45, 7) is 6.58. The van der Waals surface area contributed by atoms with Gasteiger partial charge in [0.05, 0.1) is 14.1 Å². The van der Waals surface area contributed by atoms with Gasteiger partial charge in [-0.25, -0.2) is 0 Å². The number of nitrogens with zero attached hydrogens (tertiary/aromatic N) is 1. The van der Waals surface area contributed by atoms with Gasteiger partial charge in [-0.05, 0) is 13.8 Å². The van der Waals surface area contributed by atoms with Gasteiger partial charge >= 0.3 is 0 Å². The van der Waals surface area contributed by atoms with Crippen LogP contribution in [0.3, 0.4) is 0 Å². The summed E-state index contributed by atoms with van der Waals surface area (Å²) in [7, 11) is 4.52. The van der Waals surface area contributed by atoms with Gasteiger partial charge in [-0.15, -0.1) is 0 Å². The number of morpholine rings is 1. The van der Waals surface area contributed by atoms with Gasteiger partial charge in [-0.1, -0.05) is 0 Å². The first kappa shape index (κ1) is 13.2. The summed E-state index contributed by atoms with van der Waals surface area (Å²) in [5, 5.41) is 15.3. The average Bonchev–Trinajstić information content (AvgIpc) is 1.76. The minimum absolute atomic E-state index is 0.429. The van der Waals surface area contributed by atoms with Crippen LogP contribution in [0.1, 0.15) is 13.8 Å². The Bertz CT molecular complexity index is 177. The fourth-order valence-electron chi connectivity index (χ4n) is 1.95. The molecule has 14 heavy (non-hydrogen) atoms. The molecule has 0 aromatic heterocycles. The van der Waals surface area contributed by atoms with E-state index in [1.165, 1.54) is 0 Å². The summed E-state index contributed by atoms with van der Waals surface area (Å²) in [4.78, 5) is 8.44. The Hall–Kier alpha value is -0.810. The van der Waals surface area contributed by atoms with Crippen LogP contribution in [0.15, 0.2) is 0 Å². The second-order valence-corrected chi connectivity index (χ2v) is 4.32. The maximum atomic E-state index is 8.44. The van der Waals surface area contributed by atoms with Gasteiger partial charge in [0.2, 0.25) is 6.16 Å². The highest BCUT2D eigenvalue weighted by atomic mass is 16.6. The summed E-state index contributed by atoms with van der Waals surface area (Å²) in [6.07, 6.45) is -1.22. The van der Waals surface area contributed by atoms with E-state index in [0.717, 1.165) is 17.6 Å². The number of hydrogen-bond donors (Lipinski definition) is 1. The van der Waals surface area contributed by atoms with Gasteiger partial charge in [0.1, 0.15) is 25.3 Å². The third-order valence-electron chi connectivity index (χ3n) is 1.97. The van der Waals surface area contributed by atoms with Gasteiger partial charge in [0, 0.05) is 0 Å². The molecule has 1 aliphatic heterocycles. The minimum Gasteiger partial charge on any atom is -0.565 e. The second-order valence-electron chi connectivity index (χ2n) is 4.32. The molecule has 0 aromatic carbocycles. The van der Waals surface area contributed by atoms with Gasteiger partial charge in [0.15, 0.2) is 0 Å². The lowest BCUT2D eigenvalue weighted by Gasteiger charge is -2.39. The summed E-state index contributed by atoms with van der Waals surface area (Å²) < 4.78 is 6.71. The van der Waals surface area contributed by atoms with Crippen LogP contribution in [-0.4, -0.2) is 55.1 Å². The lowest BCUT2D eigenvalue weighted by atomic mass is 10.2. The number of carbonyl (C=O) groups is 1. The lowest BCUT2D eigenvalue weighted by molar-refractivity contribution is -0.905. The SMILES string of the molecule is CC1C[N+](C)(C)CC(C)O1.O=C([O-])O. The third-order valence-corrected chi connectivity index (χ3v) is 1.97. The molecule has 2 unspecified atom stereocenters. The highest BCUT2D eigenvalue weighted by Crippen LogP contribution is 2.13. The van der Waals surface area contributed by atoms with Crippen molar-refractivity contribution in [1.29, 1.82) is 0 Å². The summed E-state index contributed by atoms with van der Waals surface area (Å²) in [5.74, 6) is 0. The Balaban J connectivity index is 0.000000364. The molecule has 5 heteroatoms. The molecule has 0 aliphatic carbocycles. The minimum atomic E-state index is -2.08. The molecule has 84 valence electrons. The van der Waals surface area contributed by atoms with Crippen LogP contribution < -0.4 is 5.11 Å². The predicted molar refractivity (Wildman–Crippen MR) is 49.9 cm³/mol. The molecule has 1 heterocycles. The number of hydrogen-bond acceptors (Lipinski definition) is 3. The van der Waals surface area contributed by atoms with Crippen LogP contribution in [0.5, 0.6) is 0 Å². The zero-order chi connectivity index (χ0) is 11.4. The molecule has 1 fully saturated rings. The van der Waals surface area contributed by atoms with Crippen molar-refractivity contribution in [2.45, 2.75) is 26.1 Å². The smallest absolute Gasteiger partial charge is 0.249 e. The highest BCUT2D eigenvalue weighted by Gasteiger charge is 2.29. The summed E-state index contributed by atoms with van der Waals surface area (Å²) >= 11 is 0. The molecule has 5 nitrogen and oxygen atoms in total. The molecule has 0 saturated carbocycles. The van der Waals surface area contributed by atoms with Gasteiger partial charge in [-0.3, -0.25) is 0 Å². The van der Waals surface area contributed by atoms with E-state index in [1.54, 1.807) is 0 Å². The first-order valence-corrected chi connectivity index (χ1v) is 4.60. The molecule has 0 spiro atoms. The molecule has 0 radical (unpaired) electrons. The molecule has 1 saturated heterocycles. The number of likely N-dealkylation sites (N-methyl/N-ethyl adjacent to an activating group) is 1. The second kappa shape index (κ2) is 5.17. The lowest BCUT2D eigenvalue weighted by Crippen LogP contribution is -2.54. The first-order valence-electron chi connectivity index (χ1n) is 4.60. The van der Waals surface area contributed by atoms with E-state index in [4.69, 9.17) is 19.7 Å². The average molecular weight is 205 g/mol. The van der Waals surface area contributed by atoms with Crippen LogP contribution in [0.2, 0.25) is 0 Å². The van der Waals surface area contributed by atoms with Crippen LogP contribution in [0, 0.1) is 0 Å². The molecular weight excluding hydrogens is 186 g/mol. The van der Waals surface area contributed by atoms with E-state index in [-0.39, 0.29) is 0 Å². The fourth-order valence-corrected chi connectivity index (χ4v) is 1.95. The molecule has 0 amide bonds. The fraction of sp³-hybridized carbons (Fsp3) is 0.889. The van der Waals surface area contributed by atoms with Crippen LogP contribution in [-0.2, 0) is 4.74 Å². The Labute approximate surface area is 84.5 Å². The molecule has 1 aliphatic rings. The van der Waals surface area contributed by atoms with E-state index >= 15 is 0 Å². The molecular formula is C9H19NO4. The Morgan fingerprint density at radius 2 is 1.64 bits per heavy atom. The predicted octanol–water partition coefficient (Wildman–Crippen LogP) is -0.242. The van der Waals surface area contributed by atoms with E-state index in [2.05, 4.69) is 27.9 Å². The van der Waals surface area contributed by atoms with Crippen LogP contribution in [0.4, 0.5) is 4.79 Å². The van der Waals surface area contributed by atoms with Crippen molar-refractivity contribution >= 4 is 6.16 Å². The molecule has 0 aromatic rings. The Morgan fingerprint density at radius 3 is 1.86 bits per heavy atom. The van der Waals surface area contributed by atoms with Gasteiger partial charge in [-0.2, -0.15) is 0 Å². The van der Waals surface area contributed by atoms with Crippen molar-refractivity contribution in [2.75, 3.05) is 27.2 Å². The number of rotatable bonds is 0. The van der Waals surface area contributed by atoms with Crippen molar-refractivity contribution in [1.82, 2.24) is 0 Å². The molecule has 1 N–H and O–H groups in total. The maximum Gasteiger partial charge on any atom is 0.249 e. The van der Waals surface area contributed by atoms with Crippen LogP contribution in [0.25, 0.3) is 0 Å². The van der Waals surface area contributed by atoms with Crippen molar-refractivity contribution in [3.05, 3.63) is 0 Å². The van der Waals surface area contributed by atoms with Gasteiger partial charge in [0.25, 0.3) is 0 Å². The highest BCUT2D eigenvalue weighted by molar-refractivity contribution is 5.50. The van der Waals surface area contributed by atoms with Gasteiger partial charge < -0.3 is 24.2 Å². The van der Waals surface area contributed by atoms with Crippen LogP contribution >= 0.6 is 0 Å². The molecule has 0 bridgehead atoms. The molecule has 1 rings (SSSR count). The zero-order valence-electron chi connectivity index (χ0n) is 9.19. The van der Waals surface area contributed by atoms with Crippen molar-refractivity contribution in [2.24, 2.45) is 0 Å². The molecule has 2 atom stereocenters. The Kier molecular flexibility index (Phi) is 4.87. The topological polar surface area (TPSA) is 69.6 Å². The maximum absolute atomic E-state index is 8.44. The quantitative estimate of drug-likeness (QED) is 0.554. The first-order chi connectivity index (χ1) is 6.23. The largest absolute Gasteiger partial charge is 0.565 e. The van der Waals surface area contributed by atoms with E-state index < -0.39 is 6.16 Å². The summed E-state index contributed by atoms with van der Waals surface area (Å²) in [5.41, 5.74) is 0. The number of quaternary nitrogens is 1. The van der Waals surface area contributed by atoms with Crippen molar-refractivity contribution in [3.63, 3.8) is 0 Å². The normalized spacial score (nSPS) is 30.0. The standard InChI is InChI=1S/C8H18NO.CH2O3/c1-7-5-9(3,4)6-8(2)10-7;2-1(3)4/h7-8H,5-6H2,1-4H3;(H2,2,3,4)/q+1;/p-1. The summed E-state index contributed by atoms with van der Waals surface area (Å²) in [6, 6.07) is 0. The monoisotopic (exact) mass is 205 g/mol. The number of ether oxygens (including phenoxy) is 1. The zero-order valence-corrected chi connectivity index (χ0v) is 9.19. The number of carboxylic acid groups (broad SMARTS) is 2. The van der Waals surface area contributed by atoms with Crippen molar-refractivity contribution in [3.8, 4) is 0 Å². The third kappa shape index (κ3) is 6.68. The van der Waals surface area contributed by atoms with E-state index in [9.17, 15) is 0 Å².